The first-order valence-corrected chi connectivity index (χ1v) is 7.24. The first-order chi connectivity index (χ1) is 8.09. The van der Waals surface area contributed by atoms with Crippen LogP contribution in [0.25, 0.3) is 11.0 Å². The van der Waals surface area contributed by atoms with E-state index in [9.17, 15) is 4.21 Å². The lowest BCUT2D eigenvalue weighted by molar-refractivity contribution is 0.633. The molecule has 17 heavy (non-hydrogen) atoms. The number of imidazole rings is 1. The van der Waals surface area contributed by atoms with E-state index in [0.717, 1.165) is 24.0 Å². The number of anilines is 1. The monoisotopic (exact) mass is 251 g/mol. The summed E-state index contributed by atoms with van der Waals surface area (Å²) in [6, 6.07) is 7.88. The summed E-state index contributed by atoms with van der Waals surface area (Å²) in [6.45, 7) is 2.75. The fraction of sp³-hybridized carbons (Fsp3) is 0.417. The average molecular weight is 251 g/mol. The minimum Gasteiger partial charge on any atom is -0.369 e. The zero-order valence-corrected chi connectivity index (χ0v) is 10.9. The Morgan fingerprint density at radius 2 is 2.18 bits per heavy atom. The smallest absolute Gasteiger partial charge is 0.201 e. The van der Waals surface area contributed by atoms with Crippen LogP contribution in [-0.2, 0) is 17.3 Å². The highest BCUT2D eigenvalue weighted by Crippen LogP contribution is 2.18. The number of hydrogen-bond acceptors (Lipinski definition) is 3. The molecule has 0 saturated carbocycles. The van der Waals surface area contributed by atoms with Crippen LogP contribution in [0.4, 0.5) is 5.95 Å². The maximum atomic E-state index is 11.3. The number of aromatic nitrogens is 2. The lowest BCUT2D eigenvalue weighted by atomic mass is 10.3. The van der Waals surface area contributed by atoms with Crippen LogP contribution < -0.4 is 5.73 Å². The highest BCUT2D eigenvalue weighted by Gasteiger charge is 2.10. The molecule has 1 aromatic carbocycles. The summed E-state index contributed by atoms with van der Waals surface area (Å²) in [5.74, 6) is 0.528. The number of para-hydroxylation sites is 2. The van der Waals surface area contributed by atoms with E-state index >= 15 is 0 Å². The fourth-order valence-electron chi connectivity index (χ4n) is 1.81. The fourth-order valence-corrected chi connectivity index (χ4v) is 2.24. The standard InChI is InChI=1S/C12H17N3OS/c1-9(17(2)16)7-8-15-11-6-4-3-5-10(11)14-12(15)13/h3-6,9H,7-8H2,1-2H3,(H2,13,14). The van der Waals surface area contributed by atoms with Crippen molar-refractivity contribution in [2.75, 3.05) is 12.0 Å². The van der Waals surface area contributed by atoms with Crippen molar-refractivity contribution in [2.24, 2.45) is 0 Å². The zero-order chi connectivity index (χ0) is 12.4. The number of nitrogens with two attached hydrogens (primary N) is 1. The molecule has 92 valence electrons. The van der Waals surface area contributed by atoms with Gasteiger partial charge in [0.1, 0.15) is 0 Å². The molecule has 4 nitrogen and oxygen atoms in total. The molecule has 0 bridgehead atoms. The van der Waals surface area contributed by atoms with E-state index in [0.29, 0.717) is 5.95 Å². The molecule has 2 aromatic rings. The number of hydrogen-bond donors (Lipinski definition) is 1. The van der Waals surface area contributed by atoms with Crippen molar-refractivity contribution in [3.05, 3.63) is 24.3 Å². The van der Waals surface area contributed by atoms with Crippen molar-refractivity contribution in [1.82, 2.24) is 9.55 Å². The quantitative estimate of drug-likeness (QED) is 0.901. The van der Waals surface area contributed by atoms with E-state index in [1.807, 2.05) is 35.8 Å². The van der Waals surface area contributed by atoms with Crippen LogP contribution in [-0.4, -0.2) is 25.3 Å². The number of nitrogens with zero attached hydrogens (tertiary/aromatic N) is 2. The van der Waals surface area contributed by atoms with Gasteiger partial charge in [-0.15, -0.1) is 0 Å². The lowest BCUT2D eigenvalue weighted by Crippen LogP contribution is -2.13. The number of nitrogen functional groups attached to an aromatic ring is 1. The first-order valence-electron chi connectivity index (χ1n) is 5.62. The Kier molecular flexibility index (Phi) is 3.47. The molecular weight excluding hydrogens is 234 g/mol. The Hall–Kier alpha value is -1.36. The highest BCUT2D eigenvalue weighted by molar-refractivity contribution is 7.84. The van der Waals surface area contributed by atoms with Crippen molar-refractivity contribution in [3.63, 3.8) is 0 Å². The van der Waals surface area contributed by atoms with Crippen molar-refractivity contribution in [1.29, 1.82) is 0 Å². The van der Waals surface area contributed by atoms with Crippen LogP contribution in [0.15, 0.2) is 24.3 Å². The third-order valence-corrected chi connectivity index (χ3v) is 4.38. The molecule has 0 aliphatic rings. The minimum atomic E-state index is -0.787. The van der Waals surface area contributed by atoms with Crippen LogP contribution in [0.5, 0.6) is 0 Å². The van der Waals surface area contributed by atoms with Gasteiger partial charge in [-0.1, -0.05) is 19.1 Å². The molecule has 0 spiro atoms. The van der Waals surface area contributed by atoms with Crippen molar-refractivity contribution < 1.29 is 4.21 Å². The van der Waals surface area contributed by atoms with Crippen LogP contribution in [0.3, 0.4) is 0 Å². The highest BCUT2D eigenvalue weighted by atomic mass is 32.2. The van der Waals surface area contributed by atoms with Crippen molar-refractivity contribution >= 4 is 27.8 Å². The maximum Gasteiger partial charge on any atom is 0.201 e. The third-order valence-electron chi connectivity index (χ3n) is 3.01. The average Bonchev–Trinajstić information content (AvgIpc) is 2.61. The lowest BCUT2D eigenvalue weighted by Gasteiger charge is -2.10. The summed E-state index contributed by atoms with van der Waals surface area (Å²) >= 11 is 0. The molecule has 2 N–H and O–H groups in total. The molecule has 0 aliphatic carbocycles. The van der Waals surface area contributed by atoms with Crippen LogP contribution in [0.2, 0.25) is 0 Å². The summed E-state index contributed by atoms with van der Waals surface area (Å²) in [6.07, 6.45) is 2.58. The maximum absolute atomic E-state index is 11.3. The van der Waals surface area contributed by atoms with Crippen LogP contribution in [0, 0.1) is 0 Å². The molecule has 0 radical (unpaired) electrons. The van der Waals surface area contributed by atoms with Gasteiger partial charge in [0.05, 0.1) is 11.0 Å². The van der Waals surface area contributed by atoms with Crippen molar-refractivity contribution in [3.8, 4) is 0 Å². The molecule has 0 amide bonds. The largest absolute Gasteiger partial charge is 0.369 e. The van der Waals surface area contributed by atoms with Crippen molar-refractivity contribution in [2.45, 2.75) is 25.1 Å². The predicted molar refractivity (Wildman–Crippen MR) is 72.3 cm³/mol. The molecule has 1 heterocycles. The van der Waals surface area contributed by atoms with E-state index in [-0.39, 0.29) is 5.25 Å². The minimum absolute atomic E-state index is 0.176. The van der Waals surface area contributed by atoms with E-state index in [4.69, 9.17) is 5.73 Å². The van der Waals surface area contributed by atoms with Gasteiger partial charge < -0.3 is 10.3 Å². The summed E-state index contributed by atoms with van der Waals surface area (Å²) in [5.41, 5.74) is 7.84. The topological polar surface area (TPSA) is 60.9 Å². The van der Waals surface area contributed by atoms with Gasteiger partial charge in [0.15, 0.2) is 0 Å². The Balaban J connectivity index is 2.23. The second-order valence-corrected chi connectivity index (χ2v) is 6.01. The number of benzene rings is 1. The number of aryl methyl sites for hydroxylation is 1. The Bertz CT molecular complexity index is 550. The second-order valence-electron chi connectivity index (χ2n) is 4.21. The van der Waals surface area contributed by atoms with Gasteiger partial charge in [-0.25, -0.2) is 4.98 Å². The molecule has 2 rings (SSSR count). The van der Waals surface area contributed by atoms with Gasteiger partial charge in [0, 0.05) is 28.9 Å². The third kappa shape index (κ3) is 2.49. The molecular formula is C12H17N3OS. The van der Waals surface area contributed by atoms with Crippen LogP contribution in [0.1, 0.15) is 13.3 Å². The van der Waals surface area contributed by atoms with Gasteiger partial charge in [0.2, 0.25) is 5.95 Å². The normalized spacial score (nSPS) is 14.9. The molecule has 2 atom stereocenters. The number of rotatable bonds is 4. The summed E-state index contributed by atoms with van der Waals surface area (Å²) in [7, 11) is -0.787. The molecule has 0 aliphatic heterocycles. The van der Waals surface area contributed by atoms with Gasteiger partial charge in [-0.3, -0.25) is 4.21 Å². The van der Waals surface area contributed by atoms with E-state index in [1.54, 1.807) is 6.26 Å². The van der Waals surface area contributed by atoms with Gasteiger partial charge >= 0.3 is 0 Å². The van der Waals surface area contributed by atoms with Gasteiger partial charge in [-0.2, -0.15) is 0 Å². The summed E-state index contributed by atoms with van der Waals surface area (Å²) in [5, 5.41) is 0.176. The Labute approximate surface area is 103 Å². The Morgan fingerprint density at radius 3 is 2.88 bits per heavy atom. The van der Waals surface area contributed by atoms with Gasteiger partial charge in [-0.05, 0) is 18.6 Å². The molecule has 2 unspecified atom stereocenters. The summed E-state index contributed by atoms with van der Waals surface area (Å²) in [4.78, 5) is 4.30. The Morgan fingerprint density at radius 1 is 1.47 bits per heavy atom. The molecule has 5 heteroatoms. The number of fused-ring (bicyclic) bond motifs is 1. The summed E-state index contributed by atoms with van der Waals surface area (Å²) < 4.78 is 13.3. The predicted octanol–water partition coefficient (Wildman–Crippen LogP) is 1.78. The van der Waals surface area contributed by atoms with E-state index in [1.165, 1.54) is 0 Å². The zero-order valence-electron chi connectivity index (χ0n) is 10.1. The first kappa shape index (κ1) is 12.1. The van der Waals surface area contributed by atoms with Gasteiger partial charge in [0.25, 0.3) is 0 Å². The second kappa shape index (κ2) is 4.87. The molecule has 0 saturated heterocycles. The van der Waals surface area contributed by atoms with E-state index in [2.05, 4.69) is 4.98 Å². The molecule has 1 aromatic heterocycles. The molecule has 0 fully saturated rings. The van der Waals surface area contributed by atoms with Crippen LogP contribution >= 0.6 is 0 Å². The SMILES string of the molecule is CC(CCn1c(N)nc2ccccc21)S(C)=O. The van der Waals surface area contributed by atoms with E-state index < -0.39 is 10.8 Å².